The van der Waals surface area contributed by atoms with E-state index in [9.17, 15) is 0 Å². The molecule has 122 valence electrons. The van der Waals surface area contributed by atoms with Crippen LogP contribution < -0.4 is 10.6 Å². The van der Waals surface area contributed by atoms with Crippen LogP contribution in [0.3, 0.4) is 0 Å². The highest BCUT2D eigenvalue weighted by Crippen LogP contribution is 1.99. The standard InChI is InChI=1S/C17H25N3O.HI/c1-3-12-19-17(18-4-2)20-13-8-14-21-15-11-16-9-6-5-7-10-16;/h1,5-7,9-10H,4,8,11-15H2,2H3,(H2,18,19,20);1H. The van der Waals surface area contributed by atoms with Crippen molar-refractivity contribution < 1.29 is 4.74 Å². The van der Waals surface area contributed by atoms with E-state index in [2.05, 4.69) is 45.8 Å². The van der Waals surface area contributed by atoms with E-state index in [0.717, 1.165) is 45.1 Å². The molecular formula is C17H26IN3O. The molecule has 0 radical (unpaired) electrons. The van der Waals surface area contributed by atoms with Crippen molar-refractivity contribution in [2.45, 2.75) is 19.8 Å². The van der Waals surface area contributed by atoms with Gasteiger partial charge in [0.1, 0.15) is 0 Å². The van der Waals surface area contributed by atoms with Gasteiger partial charge in [0.25, 0.3) is 0 Å². The number of ether oxygens (including phenoxy) is 1. The molecule has 0 bridgehead atoms. The van der Waals surface area contributed by atoms with E-state index in [1.54, 1.807) is 0 Å². The number of rotatable bonds is 9. The topological polar surface area (TPSA) is 45.7 Å². The summed E-state index contributed by atoms with van der Waals surface area (Å²) in [6.45, 7) is 5.54. The van der Waals surface area contributed by atoms with Gasteiger partial charge in [-0.1, -0.05) is 36.3 Å². The molecule has 0 heterocycles. The molecule has 0 aliphatic carbocycles. The molecule has 1 aromatic carbocycles. The zero-order valence-corrected chi connectivity index (χ0v) is 15.5. The molecule has 0 amide bonds. The summed E-state index contributed by atoms with van der Waals surface area (Å²) in [7, 11) is 0. The fraction of sp³-hybridized carbons (Fsp3) is 0.471. The van der Waals surface area contributed by atoms with Gasteiger partial charge in [0, 0.05) is 19.7 Å². The van der Waals surface area contributed by atoms with Crippen LogP contribution in [0, 0.1) is 12.3 Å². The van der Waals surface area contributed by atoms with Gasteiger partial charge in [0.05, 0.1) is 13.2 Å². The van der Waals surface area contributed by atoms with Gasteiger partial charge < -0.3 is 15.4 Å². The van der Waals surface area contributed by atoms with Crippen molar-refractivity contribution in [3.8, 4) is 12.3 Å². The predicted octanol–water partition coefficient (Wildman–Crippen LogP) is 2.44. The van der Waals surface area contributed by atoms with Gasteiger partial charge in [-0.25, -0.2) is 0 Å². The SMILES string of the molecule is C#CCNC(=NCCCOCCc1ccccc1)NCC.I. The summed E-state index contributed by atoms with van der Waals surface area (Å²) in [5.74, 6) is 3.30. The minimum atomic E-state index is 0. The van der Waals surface area contributed by atoms with E-state index in [1.165, 1.54) is 5.56 Å². The van der Waals surface area contributed by atoms with Crippen LogP contribution in [0.1, 0.15) is 18.9 Å². The van der Waals surface area contributed by atoms with Crippen molar-refractivity contribution in [3.63, 3.8) is 0 Å². The van der Waals surface area contributed by atoms with Gasteiger partial charge in [0.2, 0.25) is 0 Å². The summed E-state index contributed by atoms with van der Waals surface area (Å²) >= 11 is 0. The first-order valence-electron chi connectivity index (χ1n) is 7.44. The second kappa shape index (κ2) is 14.7. The van der Waals surface area contributed by atoms with Gasteiger partial charge in [0.15, 0.2) is 5.96 Å². The van der Waals surface area contributed by atoms with E-state index in [4.69, 9.17) is 11.2 Å². The molecule has 5 heteroatoms. The first-order valence-corrected chi connectivity index (χ1v) is 7.44. The Morgan fingerprint density at radius 1 is 1.23 bits per heavy atom. The number of hydrogen-bond donors (Lipinski definition) is 2. The Balaban J connectivity index is 0.00000441. The number of guanidine groups is 1. The molecule has 0 fully saturated rings. The molecule has 0 aromatic heterocycles. The van der Waals surface area contributed by atoms with Crippen LogP contribution in [0.2, 0.25) is 0 Å². The summed E-state index contributed by atoms with van der Waals surface area (Å²) in [4.78, 5) is 4.43. The minimum absolute atomic E-state index is 0. The van der Waals surface area contributed by atoms with Crippen LogP contribution in [-0.2, 0) is 11.2 Å². The number of halogens is 1. The van der Waals surface area contributed by atoms with E-state index in [0.29, 0.717) is 6.54 Å². The number of nitrogens with one attached hydrogen (secondary N) is 2. The van der Waals surface area contributed by atoms with Crippen molar-refractivity contribution in [1.82, 2.24) is 10.6 Å². The van der Waals surface area contributed by atoms with Crippen LogP contribution in [0.25, 0.3) is 0 Å². The molecule has 0 atom stereocenters. The molecule has 0 saturated heterocycles. The summed E-state index contributed by atoms with van der Waals surface area (Å²) in [6.07, 6.45) is 7.07. The third-order valence-corrected chi connectivity index (χ3v) is 2.80. The van der Waals surface area contributed by atoms with Gasteiger partial charge in [-0.2, -0.15) is 0 Å². The zero-order chi connectivity index (χ0) is 15.2. The molecule has 0 saturated carbocycles. The number of aliphatic imine (C=N–C) groups is 1. The average molecular weight is 415 g/mol. The fourth-order valence-corrected chi connectivity index (χ4v) is 1.77. The number of benzene rings is 1. The predicted molar refractivity (Wildman–Crippen MR) is 104 cm³/mol. The summed E-state index contributed by atoms with van der Waals surface area (Å²) in [5.41, 5.74) is 1.31. The molecule has 1 rings (SSSR count). The molecule has 0 spiro atoms. The molecular weight excluding hydrogens is 389 g/mol. The van der Waals surface area contributed by atoms with E-state index in [1.807, 2.05) is 13.0 Å². The molecule has 0 aliphatic heterocycles. The minimum Gasteiger partial charge on any atom is -0.381 e. The van der Waals surface area contributed by atoms with Crippen molar-refractivity contribution in [1.29, 1.82) is 0 Å². The second-order valence-corrected chi connectivity index (χ2v) is 4.52. The average Bonchev–Trinajstić information content (AvgIpc) is 2.52. The van der Waals surface area contributed by atoms with Gasteiger partial charge in [-0.3, -0.25) is 4.99 Å². The number of nitrogens with zero attached hydrogens (tertiary/aromatic N) is 1. The van der Waals surface area contributed by atoms with E-state index < -0.39 is 0 Å². The molecule has 4 nitrogen and oxygen atoms in total. The van der Waals surface area contributed by atoms with Crippen LogP contribution in [0.4, 0.5) is 0 Å². The number of hydrogen-bond acceptors (Lipinski definition) is 2. The molecule has 22 heavy (non-hydrogen) atoms. The first kappa shape index (κ1) is 20.7. The molecule has 1 aromatic rings. The van der Waals surface area contributed by atoms with Crippen molar-refractivity contribution in [2.75, 3.05) is 32.8 Å². The largest absolute Gasteiger partial charge is 0.381 e. The van der Waals surface area contributed by atoms with E-state index in [-0.39, 0.29) is 24.0 Å². The van der Waals surface area contributed by atoms with Crippen molar-refractivity contribution >= 4 is 29.9 Å². The highest BCUT2D eigenvalue weighted by molar-refractivity contribution is 14.0. The molecule has 2 N–H and O–H groups in total. The highest BCUT2D eigenvalue weighted by atomic mass is 127. The first-order chi connectivity index (χ1) is 10.4. The zero-order valence-electron chi connectivity index (χ0n) is 13.2. The Bertz CT molecular complexity index is 443. The monoisotopic (exact) mass is 415 g/mol. The van der Waals surface area contributed by atoms with Crippen LogP contribution in [-0.4, -0.2) is 38.8 Å². The van der Waals surface area contributed by atoms with Gasteiger partial charge in [-0.15, -0.1) is 30.4 Å². The Kier molecular flexibility index (Phi) is 13.8. The van der Waals surface area contributed by atoms with E-state index >= 15 is 0 Å². The highest BCUT2D eigenvalue weighted by Gasteiger charge is 1.95. The lowest BCUT2D eigenvalue weighted by atomic mass is 10.2. The maximum absolute atomic E-state index is 5.62. The third kappa shape index (κ3) is 10.5. The van der Waals surface area contributed by atoms with Crippen molar-refractivity contribution in [2.24, 2.45) is 4.99 Å². The summed E-state index contributed by atoms with van der Waals surface area (Å²) in [5, 5.41) is 6.20. The van der Waals surface area contributed by atoms with Crippen LogP contribution in [0.5, 0.6) is 0 Å². The quantitative estimate of drug-likeness (QED) is 0.214. The lowest BCUT2D eigenvalue weighted by molar-refractivity contribution is 0.136. The summed E-state index contributed by atoms with van der Waals surface area (Å²) in [6, 6.07) is 10.4. The lowest BCUT2D eigenvalue weighted by Crippen LogP contribution is -2.37. The normalized spacial score (nSPS) is 10.5. The fourth-order valence-electron chi connectivity index (χ4n) is 1.77. The summed E-state index contributed by atoms with van der Waals surface area (Å²) < 4.78 is 5.62. The third-order valence-electron chi connectivity index (χ3n) is 2.80. The Morgan fingerprint density at radius 3 is 2.68 bits per heavy atom. The molecule has 0 unspecified atom stereocenters. The maximum atomic E-state index is 5.62. The van der Waals surface area contributed by atoms with Gasteiger partial charge in [-0.05, 0) is 25.3 Å². The lowest BCUT2D eigenvalue weighted by Gasteiger charge is -2.08. The smallest absolute Gasteiger partial charge is 0.192 e. The molecule has 0 aliphatic rings. The van der Waals surface area contributed by atoms with Crippen LogP contribution >= 0.6 is 24.0 Å². The van der Waals surface area contributed by atoms with Crippen LogP contribution in [0.15, 0.2) is 35.3 Å². The number of terminal acetylenes is 1. The van der Waals surface area contributed by atoms with Crippen molar-refractivity contribution in [3.05, 3.63) is 35.9 Å². The maximum Gasteiger partial charge on any atom is 0.192 e. The van der Waals surface area contributed by atoms with Gasteiger partial charge >= 0.3 is 0 Å². The second-order valence-electron chi connectivity index (χ2n) is 4.52. The Morgan fingerprint density at radius 2 is 2.00 bits per heavy atom. The Hall–Kier alpha value is -1.26. The Labute approximate surface area is 151 Å².